The fraction of sp³-hybridized carbons (Fsp3) is 0.960. The summed E-state index contributed by atoms with van der Waals surface area (Å²) in [6, 6.07) is -0.898. The van der Waals surface area contributed by atoms with Crippen LogP contribution in [0, 0.1) is 0 Å². The van der Waals surface area contributed by atoms with E-state index >= 15 is 0 Å². The predicted molar refractivity (Wildman–Crippen MR) is 132 cm³/mol. The van der Waals surface area contributed by atoms with E-state index in [1.807, 2.05) is 0 Å². The second-order valence-corrected chi connectivity index (χ2v) is 11.4. The minimum atomic E-state index is -1.60. The first-order chi connectivity index (χ1) is 18.0. The van der Waals surface area contributed by atoms with Gasteiger partial charge in [0.15, 0.2) is 12.6 Å². The Hall–Kier alpha value is -1.01. The lowest BCUT2D eigenvalue weighted by Gasteiger charge is -2.48. The number of rotatable bonds is 8. The van der Waals surface area contributed by atoms with Crippen LogP contribution >= 0.6 is 0 Å². The average Bonchev–Trinajstić information content (AvgIpc) is 2.83. The highest BCUT2D eigenvalue weighted by Crippen LogP contribution is 2.33. The molecule has 3 aliphatic rings. The van der Waals surface area contributed by atoms with Gasteiger partial charge in [0, 0.05) is 7.11 Å². The predicted octanol–water partition coefficient (Wildman–Crippen LogP) is -2.48. The van der Waals surface area contributed by atoms with Crippen molar-refractivity contribution < 1.29 is 63.9 Å². The van der Waals surface area contributed by atoms with E-state index in [0.717, 1.165) is 0 Å². The third-order valence-electron chi connectivity index (χ3n) is 7.45. The first-order valence-electron chi connectivity index (χ1n) is 13.3. The Kier molecular flexibility index (Phi) is 10.7. The molecule has 14 heteroatoms. The largest absolute Gasteiger partial charge is 0.390 e. The molecule has 3 fully saturated rings. The third-order valence-corrected chi connectivity index (χ3v) is 7.45. The van der Waals surface area contributed by atoms with E-state index in [4.69, 9.17) is 28.4 Å². The molecule has 15 atom stereocenters. The molecule has 0 aromatic rings. The fourth-order valence-electron chi connectivity index (χ4n) is 5.19. The molecule has 14 nitrogen and oxygen atoms in total. The summed E-state index contributed by atoms with van der Waals surface area (Å²) in [5, 5.41) is 66.5. The van der Waals surface area contributed by atoms with Crippen LogP contribution in [0.25, 0.3) is 0 Å². The van der Waals surface area contributed by atoms with E-state index in [-0.39, 0.29) is 6.42 Å². The van der Waals surface area contributed by atoms with Crippen LogP contribution in [-0.4, -0.2) is 141 Å². The van der Waals surface area contributed by atoms with E-state index in [2.05, 4.69) is 5.32 Å². The summed E-state index contributed by atoms with van der Waals surface area (Å²) < 4.78 is 34.2. The Morgan fingerprint density at radius 3 is 1.69 bits per heavy atom. The highest BCUT2D eigenvalue weighted by molar-refractivity contribution is 5.77. The van der Waals surface area contributed by atoms with Crippen LogP contribution in [0.3, 0.4) is 0 Å². The monoisotopic (exact) mass is 567 g/mol. The van der Waals surface area contributed by atoms with Gasteiger partial charge in [0.1, 0.15) is 48.8 Å². The van der Waals surface area contributed by atoms with Crippen LogP contribution in [-0.2, 0) is 33.2 Å². The molecule has 228 valence electrons. The van der Waals surface area contributed by atoms with Gasteiger partial charge in [0.25, 0.3) is 0 Å². The molecule has 0 bridgehead atoms. The third kappa shape index (κ3) is 7.45. The van der Waals surface area contributed by atoms with Crippen LogP contribution in [0.1, 0.15) is 48.0 Å². The summed E-state index contributed by atoms with van der Waals surface area (Å²) >= 11 is 0. The van der Waals surface area contributed by atoms with Crippen LogP contribution in [0.4, 0.5) is 0 Å². The molecular weight excluding hydrogens is 522 g/mol. The van der Waals surface area contributed by atoms with Crippen molar-refractivity contribution in [2.45, 2.75) is 145 Å². The smallest absolute Gasteiger partial charge is 0.223 e. The molecule has 0 aromatic heterocycles. The zero-order valence-electron chi connectivity index (χ0n) is 23.4. The van der Waals surface area contributed by atoms with Crippen molar-refractivity contribution in [3.8, 4) is 0 Å². The second kappa shape index (κ2) is 12.9. The Morgan fingerprint density at radius 1 is 0.718 bits per heavy atom. The summed E-state index contributed by atoms with van der Waals surface area (Å²) in [5.41, 5.74) is -1.25. The summed E-state index contributed by atoms with van der Waals surface area (Å²) in [7, 11) is 1.31. The summed E-state index contributed by atoms with van der Waals surface area (Å²) in [6.45, 7) is 9.35. The lowest BCUT2D eigenvalue weighted by molar-refractivity contribution is -0.364. The summed E-state index contributed by atoms with van der Waals surface area (Å²) in [6.07, 6.45) is -16.2. The zero-order chi connectivity index (χ0) is 29.4. The van der Waals surface area contributed by atoms with E-state index < -0.39 is 103 Å². The molecule has 3 saturated heterocycles. The van der Waals surface area contributed by atoms with Crippen molar-refractivity contribution in [2.75, 3.05) is 7.11 Å². The molecule has 0 aliphatic carbocycles. The van der Waals surface area contributed by atoms with Gasteiger partial charge in [-0.25, -0.2) is 0 Å². The maximum Gasteiger partial charge on any atom is 0.223 e. The normalized spacial score (nSPS) is 47.6. The first-order valence-corrected chi connectivity index (χ1v) is 13.3. The van der Waals surface area contributed by atoms with Gasteiger partial charge >= 0.3 is 0 Å². The van der Waals surface area contributed by atoms with E-state index in [0.29, 0.717) is 0 Å². The quantitative estimate of drug-likeness (QED) is 0.162. The van der Waals surface area contributed by atoms with Gasteiger partial charge in [-0.1, -0.05) is 0 Å². The van der Waals surface area contributed by atoms with Crippen LogP contribution in [0.15, 0.2) is 0 Å². The minimum absolute atomic E-state index is 0.200. The number of methoxy groups -OCH3 is 1. The molecule has 7 N–H and O–H groups in total. The van der Waals surface area contributed by atoms with E-state index in [1.54, 1.807) is 20.8 Å². The maximum atomic E-state index is 12.4. The van der Waals surface area contributed by atoms with E-state index in [9.17, 15) is 35.4 Å². The van der Waals surface area contributed by atoms with Gasteiger partial charge in [-0.05, 0) is 41.5 Å². The molecule has 3 aliphatic heterocycles. The molecule has 1 amide bonds. The topological polar surface area (TPSA) is 206 Å². The number of nitrogens with one attached hydrogen (secondary N) is 1. The SMILES string of the molecule is COC1[C@H](O[C@@H]2C(O)[C@H](OC3C(O)[C@H](C)OC(C)[C@@H]3O)OC(C)[C@@H]2O)OC(C)[C@@H](NC(=O)CC(C)(C)O)[C@@H]1O. The standard InChI is InChI=1S/C25H45NO13/c1-9-14(26-13(27)8-25(5,6)33)18(31)22(34-7)24(36-9)39-21-17(30)12(4)37-23(19(21)32)38-20-15(28)10(2)35-11(3)16(20)29/h9-12,14-24,28-33H,8H2,1-7H3,(H,26,27)/t9?,10-,11?,12?,14+,15?,16-,17-,18-,19?,20?,21-,22?,23-,24-/m0/s1. The lowest BCUT2D eigenvalue weighted by atomic mass is 9.94. The van der Waals surface area contributed by atoms with Gasteiger partial charge < -0.3 is 64.4 Å². The Morgan fingerprint density at radius 2 is 1.18 bits per heavy atom. The summed E-state index contributed by atoms with van der Waals surface area (Å²) in [5.74, 6) is -0.499. The first kappa shape index (κ1) is 32.5. The Balaban J connectivity index is 1.72. The molecule has 7 unspecified atom stereocenters. The molecule has 0 spiro atoms. The van der Waals surface area contributed by atoms with Crippen LogP contribution in [0.5, 0.6) is 0 Å². The molecule has 39 heavy (non-hydrogen) atoms. The van der Waals surface area contributed by atoms with Gasteiger partial charge in [-0.3, -0.25) is 4.79 Å². The van der Waals surface area contributed by atoms with E-state index in [1.165, 1.54) is 27.9 Å². The van der Waals surface area contributed by atoms with Gasteiger partial charge in [-0.15, -0.1) is 0 Å². The molecule has 0 saturated carbocycles. The number of hydrogen-bond acceptors (Lipinski definition) is 13. The molecule has 3 heterocycles. The highest BCUT2D eigenvalue weighted by atomic mass is 16.7. The number of amides is 1. The van der Waals surface area contributed by atoms with Crippen molar-refractivity contribution in [1.29, 1.82) is 0 Å². The van der Waals surface area contributed by atoms with Crippen molar-refractivity contribution in [1.82, 2.24) is 5.32 Å². The number of carbonyl (C=O) groups is 1. The van der Waals surface area contributed by atoms with Crippen LogP contribution < -0.4 is 5.32 Å². The zero-order valence-corrected chi connectivity index (χ0v) is 23.4. The van der Waals surface area contributed by atoms with Crippen molar-refractivity contribution in [3.63, 3.8) is 0 Å². The lowest BCUT2D eigenvalue weighted by Crippen LogP contribution is -2.67. The van der Waals surface area contributed by atoms with Gasteiger partial charge in [0.05, 0.1) is 42.5 Å². The van der Waals surface area contributed by atoms with Crippen molar-refractivity contribution in [3.05, 3.63) is 0 Å². The second-order valence-electron chi connectivity index (χ2n) is 11.4. The molecule has 3 rings (SSSR count). The average molecular weight is 568 g/mol. The Labute approximate surface area is 228 Å². The molecule has 0 aromatic carbocycles. The molecule has 0 radical (unpaired) electrons. The van der Waals surface area contributed by atoms with Gasteiger partial charge in [0.2, 0.25) is 5.91 Å². The number of carbonyl (C=O) groups excluding carboxylic acids is 1. The number of hydrogen-bond donors (Lipinski definition) is 7. The Bertz CT molecular complexity index is 797. The minimum Gasteiger partial charge on any atom is -0.390 e. The maximum absolute atomic E-state index is 12.4. The van der Waals surface area contributed by atoms with Crippen LogP contribution in [0.2, 0.25) is 0 Å². The summed E-state index contributed by atoms with van der Waals surface area (Å²) in [4.78, 5) is 12.4. The van der Waals surface area contributed by atoms with Crippen molar-refractivity contribution >= 4 is 5.91 Å². The molecular formula is C25H45NO13. The van der Waals surface area contributed by atoms with Gasteiger partial charge in [-0.2, -0.15) is 0 Å². The number of aliphatic hydroxyl groups is 6. The highest BCUT2D eigenvalue weighted by Gasteiger charge is 2.52. The fourth-order valence-corrected chi connectivity index (χ4v) is 5.19. The van der Waals surface area contributed by atoms with Crippen molar-refractivity contribution in [2.24, 2.45) is 0 Å². The number of aliphatic hydroxyl groups excluding tert-OH is 5. The number of ether oxygens (including phenoxy) is 6.